The lowest BCUT2D eigenvalue weighted by molar-refractivity contribution is 0.0965. The lowest BCUT2D eigenvalue weighted by atomic mass is 9.95. The number of sulfone groups is 1. The summed E-state index contributed by atoms with van der Waals surface area (Å²) in [6.45, 7) is 4.30. The van der Waals surface area contributed by atoms with Gasteiger partial charge >= 0.3 is 0 Å². The van der Waals surface area contributed by atoms with Crippen LogP contribution in [-0.2, 0) is 16.3 Å². The molecule has 0 N–H and O–H groups in total. The molecule has 2 rings (SSSR count). The molecule has 0 saturated carbocycles. The van der Waals surface area contributed by atoms with Crippen LogP contribution in [0.15, 0.2) is 24.3 Å². The summed E-state index contributed by atoms with van der Waals surface area (Å²) in [5.41, 5.74) is 1.89. The van der Waals surface area contributed by atoms with Crippen LogP contribution in [0.5, 0.6) is 0 Å². The maximum atomic E-state index is 12.3. The van der Waals surface area contributed by atoms with Gasteiger partial charge in [-0.15, -0.1) is 0 Å². The summed E-state index contributed by atoms with van der Waals surface area (Å²) in [6, 6.07) is 7.73. The number of hydrogen-bond acceptors (Lipinski definition) is 3. The summed E-state index contributed by atoms with van der Waals surface area (Å²) < 4.78 is 22.8. The smallest absolute Gasteiger partial charge is 0.163 e. The molecule has 1 atom stereocenters. The van der Waals surface area contributed by atoms with E-state index in [1.165, 1.54) is 5.56 Å². The van der Waals surface area contributed by atoms with Crippen molar-refractivity contribution in [3.8, 4) is 0 Å². The molecule has 1 aliphatic heterocycles. The maximum Gasteiger partial charge on any atom is 0.163 e. The van der Waals surface area contributed by atoms with E-state index < -0.39 is 9.84 Å². The number of carbonyl (C=O) groups excluding carboxylic acids is 1. The Morgan fingerprint density at radius 1 is 1.35 bits per heavy atom. The normalized spacial score (nSPS) is 21.2. The SMILES string of the molecule is CC(C)Cc1cccc(C(=O)CC2CCS(=O)(=O)C2)c1. The fourth-order valence-electron chi connectivity index (χ4n) is 2.76. The van der Waals surface area contributed by atoms with E-state index in [0.717, 1.165) is 6.42 Å². The van der Waals surface area contributed by atoms with Gasteiger partial charge in [-0.05, 0) is 36.3 Å². The molecule has 110 valence electrons. The average molecular weight is 294 g/mol. The topological polar surface area (TPSA) is 51.2 Å². The molecule has 1 heterocycles. The lowest BCUT2D eigenvalue weighted by Gasteiger charge is -2.09. The molecule has 3 nitrogen and oxygen atoms in total. The van der Waals surface area contributed by atoms with Crippen LogP contribution in [0.25, 0.3) is 0 Å². The molecule has 1 aromatic carbocycles. The summed E-state index contributed by atoms with van der Waals surface area (Å²) in [5.74, 6) is 1.03. The van der Waals surface area contributed by atoms with Crippen molar-refractivity contribution in [2.45, 2.75) is 33.1 Å². The van der Waals surface area contributed by atoms with E-state index in [-0.39, 0.29) is 23.2 Å². The van der Waals surface area contributed by atoms with Crippen LogP contribution in [0, 0.1) is 11.8 Å². The Hall–Kier alpha value is -1.16. The Bertz CT molecular complexity index is 587. The zero-order chi connectivity index (χ0) is 14.8. The Morgan fingerprint density at radius 2 is 2.10 bits per heavy atom. The largest absolute Gasteiger partial charge is 0.294 e. The molecule has 0 bridgehead atoms. The van der Waals surface area contributed by atoms with Crippen LogP contribution >= 0.6 is 0 Å². The van der Waals surface area contributed by atoms with Crippen molar-refractivity contribution in [3.05, 3.63) is 35.4 Å². The predicted molar refractivity (Wildman–Crippen MR) is 80.7 cm³/mol. The first-order chi connectivity index (χ1) is 9.35. The molecule has 1 aliphatic rings. The van der Waals surface area contributed by atoms with Gasteiger partial charge in [0.25, 0.3) is 0 Å². The molecule has 1 fully saturated rings. The van der Waals surface area contributed by atoms with Crippen molar-refractivity contribution in [3.63, 3.8) is 0 Å². The van der Waals surface area contributed by atoms with E-state index in [0.29, 0.717) is 24.3 Å². The third kappa shape index (κ3) is 4.17. The van der Waals surface area contributed by atoms with Crippen LogP contribution in [0.4, 0.5) is 0 Å². The van der Waals surface area contributed by atoms with Crippen LogP contribution in [0.1, 0.15) is 42.6 Å². The molecule has 0 amide bonds. The highest BCUT2D eigenvalue weighted by atomic mass is 32.2. The first kappa shape index (κ1) is 15.2. The summed E-state index contributed by atoms with van der Waals surface area (Å²) >= 11 is 0. The van der Waals surface area contributed by atoms with Crippen molar-refractivity contribution >= 4 is 15.6 Å². The zero-order valence-corrected chi connectivity index (χ0v) is 12.9. The van der Waals surface area contributed by atoms with E-state index in [1.54, 1.807) is 0 Å². The van der Waals surface area contributed by atoms with Gasteiger partial charge in [-0.25, -0.2) is 8.42 Å². The molecule has 20 heavy (non-hydrogen) atoms. The molecule has 0 aliphatic carbocycles. The predicted octanol–water partition coefficient (Wildman–Crippen LogP) is 2.89. The van der Waals surface area contributed by atoms with Crippen molar-refractivity contribution < 1.29 is 13.2 Å². The van der Waals surface area contributed by atoms with Gasteiger partial charge < -0.3 is 0 Å². The van der Waals surface area contributed by atoms with Gasteiger partial charge in [-0.2, -0.15) is 0 Å². The summed E-state index contributed by atoms with van der Waals surface area (Å²) in [7, 11) is -2.90. The first-order valence-electron chi connectivity index (χ1n) is 7.18. The molecule has 0 radical (unpaired) electrons. The van der Waals surface area contributed by atoms with Gasteiger partial charge in [0.1, 0.15) is 0 Å². The summed E-state index contributed by atoms with van der Waals surface area (Å²) in [5, 5.41) is 0. The quantitative estimate of drug-likeness (QED) is 0.785. The molecule has 1 unspecified atom stereocenters. The minimum atomic E-state index is -2.90. The molecule has 4 heteroatoms. The second kappa shape index (κ2) is 6.08. The lowest BCUT2D eigenvalue weighted by Crippen LogP contribution is -2.11. The number of ketones is 1. The zero-order valence-electron chi connectivity index (χ0n) is 12.1. The standard InChI is InChI=1S/C16H22O3S/c1-12(2)8-13-4-3-5-15(9-13)16(17)10-14-6-7-20(18,19)11-14/h3-5,9,12,14H,6-8,10-11H2,1-2H3. The van der Waals surface area contributed by atoms with E-state index in [9.17, 15) is 13.2 Å². The van der Waals surface area contributed by atoms with E-state index >= 15 is 0 Å². The van der Waals surface area contributed by atoms with E-state index in [2.05, 4.69) is 13.8 Å². The fraction of sp³-hybridized carbons (Fsp3) is 0.562. The fourth-order valence-corrected chi connectivity index (χ4v) is 4.62. The number of rotatable bonds is 5. The molecule has 1 aromatic rings. The van der Waals surface area contributed by atoms with Crippen molar-refractivity contribution in [2.75, 3.05) is 11.5 Å². The van der Waals surface area contributed by atoms with Crippen LogP contribution in [0.2, 0.25) is 0 Å². The molecule has 0 spiro atoms. The van der Waals surface area contributed by atoms with E-state index in [4.69, 9.17) is 0 Å². The number of carbonyl (C=O) groups is 1. The molecule has 0 aromatic heterocycles. The Labute approximate surface area is 121 Å². The summed E-state index contributed by atoms with van der Waals surface area (Å²) in [6.07, 6.45) is 1.93. The molecular weight excluding hydrogens is 272 g/mol. The van der Waals surface area contributed by atoms with Crippen LogP contribution < -0.4 is 0 Å². The Morgan fingerprint density at radius 3 is 2.70 bits per heavy atom. The molecular formula is C16H22O3S. The second-order valence-corrected chi connectivity index (χ2v) is 8.42. The van der Waals surface area contributed by atoms with Crippen LogP contribution in [0.3, 0.4) is 0 Å². The van der Waals surface area contributed by atoms with Crippen LogP contribution in [-0.4, -0.2) is 25.7 Å². The number of Topliss-reactive ketones (excluding diaryl/α,β-unsaturated/α-hetero) is 1. The third-order valence-corrected chi connectivity index (χ3v) is 5.53. The minimum absolute atomic E-state index is 0.00116. The Kier molecular flexibility index (Phi) is 4.63. The highest BCUT2D eigenvalue weighted by molar-refractivity contribution is 7.91. The number of hydrogen-bond donors (Lipinski definition) is 0. The molecule has 1 saturated heterocycles. The van der Waals surface area contributed by atoms with Gasteiger partial charge in [0.2, 0.25) is 0 Å². The monoisotopic (exact) mass is 294 g/mol. The highest BCUT2D eigenvalue weighted by Crippen LogP contribution is 2.23. The average Bonchev–Trinajstić information content (AvgIpc) is 2.68. The Balaban J connectivity index is 2.02. The third-order valence-electron chi connectivity index (χ3n) is 3.69. The minimum Gasteiger partial charge on any atom is -0.294 e. The van der Waals surface area contributed by atoms with Crippen molar-refractivity contribution in [1.82, 2.24) is 0 Å². The maximum absolute atomic E-state index is 12.3. The van der Waals surface area contributed by atoms with Crippen molar-refractivity contribution in [2.24, 2.45) is 11.8 Å². The number of benzene rings is 1. The van der Waals surface area contributed by atoms with Gasteiger partial charge in [0.05, 0.1) is 11.5 Å². The van der Waals surface area contributed by atoms with E-state index in [1.807, 2.05) is 24.3 Å². The highest BCUT2D eigenvalue weighted by Gasteiger charge is 2.29. The summed E-state index contributed by atoms with van der Waals surface area (Å²) in [4.78, 5) is 12.3. The van der Waals surface area contributed by atoms with Gasteiger partial charge in [-0.1, -0.05) is 32.0 Å². The first-order valence-corrected chi connectivity index (χ1v) is 9.00. The second-order valence-electron chi connectivity index (χ2n) is 6.19. The van der Waals surface area contributed by atoms with Gasteiger partial charge in [0.15, 0.2) is 15.6 Å². The van der Waals surface area contributed by atoms with Crippen molar-refractivity contribution in [1.29, 1.82) is 0 Å². The van der Waals surface area contributed by atoms with Gasteiger partial charge in [0, 0.05) is 12.0 Å². The van der Waals surface area contributed by atoms with Gasteiger partial charge in [-0.3, -0.25) is 4.79 Å².